The Bertz CT molecular complexity index is 399. The topological polar surface area (TPSA) is 68.2 Å². The molecule has 164 valence electrons. The van der Waals surface area contributed by atoms with Crippen molar-refractivity contribution in [2.75, 3.05) is 26.4 Å². The summed E-state index contributed by atoms with van der Waals surface area (Å²) in [4.78, 5) is 0. The molecule has 0 aromatic carbocycles. The summed E-state index contributed by atoms with van der Waals surface area (Å²) in [6.07, 6.45) is 4.07. The lowest BCUT2D eigenvalue weighted by Crippen LogP contribution is -2.52. The maximum Gasteiger partial charge on any atom is 0.311 e. The van der Waals surface area contributed by atoms with E-state index in [2.05, 4.69) is 53.1 Å². The second-order valence-electron chi connectivity index (χ2n) is 9.60. The van der Waals surface area contributed by atoms with Gasteiger partial charge in [-0.05, 0) is 64.2 Å². The molecule has 0 aromatic heterocycles. The molecule has 0 atom stereocenters. The van der Waals surface area contributed by atoms with Crippen molar-refractivity contribution in [3.8, 4) is 0 Å². The van der Waals surface area contributed by atoms with Crippen molar-refractivity contribution in [1.29, 1.82) is 0 Å². The summed E-state index contributed by atoms with van der Waals surface area (Å²) in [5.41, 5.74) is -0.579. The summed E-state index contributed by atoms with van der Waals surface area (Å²) in [7, 11) is -5.88. The molecule has 0 saturated heterocycles. The molecular formula is C19H46O5Si3. The van der Waals surface area contributed by atoms with Crippen LogP contribution in [0.3, 0.4) is 0 Å². The van der Waals surface area contributed by atoms with Crippen LogP contribution in [0.25, 0.3) is 0 Å². The molecular weight excluding hydrogens is 392 g/mol. The molecule has 2 N–H and O–H groups in total. The minimum atomic E-state index is -2.20. The molecule has 0 spiro atoms. The Morgan fingerprint density at radius 3 is 1.74 bits per heavy atom. The van der Waals surface area contributed by atoms with E-state index in [1.165, 1.54) is 18.9 Å². The molecule has 5 nitrogen and oxygen atoms in total. The molecule has 0 heterocycles. The number of ether oxygens (including phenoxy) is 1. The third kappa shape index (κ3) is 11.9. The number of rotatable bonds is 16. The third-order valence-corrected chi connectivity index (χ3v) is 16.2. The molecule has 0 fully saturated rings. The van der Waals surface area contributed by atoms with Crippen LogP contribution in [0.5, 0.6) is 0 Å². The normalized spacial score (nSPS) is 14.0. The molecule has 0 unspecified atom stereocenters. The number of hydrogen-bond donors (Lipinski definition) is 2. The van der Waals surface area contributed by atoms with Gasteiger partial charge >= 0.3 is 8.56 Å². The zero-order chi connectivity index (χ0) is 21.2. The standard InChI is InChI=1S/C19H46O5Si3/c1-9-11-14-25(3,4)23-27(7,8)24-26(5,6)15-12-19(16-20,17-21)18-22-13-10-2/h20-21H,9-18H2,1-8H3. The monoisotopic (exact) mass is 438 g/mol. The van der Waals surface area contributed by atoms with Gasteiger partial charge in [-0.2, -0.15) is 0 Å². The van der Waals surface area contributed by atoms with Crippen LogP contribution in [0.1, 0.15) is 39.5 Å². The van der Waals surface area contributed by atoms with E-state index in [0.29, 0.717) is 19.6 Å². The summed E-state index contributed by atoms with van der Waals surface area (Å²) >= 11 is 0. The van der Waals surface area contributed by atoms with Crippen LogP contribution in [-0.4, -0.2) is 61.8 Å². The maximum absolute atomic E-state index is 9.86. The van der Waals surface area contributed by atoms with Gasteiger partial charge in [-0.1, -0.05) is 26.7 Å². The van der Waals surface area contributed by atoms with E-state index in [4.69, 9.17) is 13.0 Å². The van der Waals surface area contributed by atoms with E-state index in [1.807, 2.05) is 0 Å². The first-order chi connectivity index (χ1) is 12.4. The summed E-state index contributed by atoms with van der Waals surface area (Å²) in [5.74, 6) is 0. The predicted molar refractivity (Wildman–Crippen MR) is 121 cm³/mol. The Labute approximate surface area is 171 Å². The summed E-state index contributed by atoms with van der Waals surface area (Å²) in [5, 5.41) is 19.7. The Kier molecular flexibility index (Phi) is 12.4. The zero-order valence-electron chi connectivity index (χ0n) is 19.2. The molecule has 0 aliphatic rings. The Balaban J connectivity index is 4.83. The van der Waals surface area contributed by atoms with Crippen molar-refractivity contribution < 1.29 is 23.2 Å². The number of aliphatic hydroxyl groups excluding tert-OH is 2. The highest BCUT2D eigenvalue weighted by Crippen LogP contribution is 2.31. The highest BCUT2D eigenvalue weighted by atomic mass is 28.5. The van der Waals surface area contributed by atoms with Gasteiger partial charge in [0, 0.05) is 12.0 Å². The van der Waals surface area contributed by atoms with Gasteiger partial charge in [0.15, 0.2) is 16.6 Å². The van der Waals surface area contributed by atoms with Crippen molar-refractivity contribution in [2.45, 2.75) is 90.9 Å². The number of unbranched alkanes of at least 4 members (excludes halogenated alkanes) is 1. The first-order valence-electron chi connectivity index (χ1n) is 10.6. The number of aliphatic hydroxyl groups is 2. The minimum absolute atomic E-state index is 0.0635. The second kappa shape index (κ2) is 12.2. The van der Waals surface area contributed by atoms with Crippen LogP contribution in [0, 0.1) is 5.41 Å². The Morgan fingerprint density at radius 2 is 1.30 bits per heavy atom. The maximum atomic E-state index is 9.86. The van der Waals surface area contributed by atoms with E-state index in [9.17, 15) is 10.2 Å². The Morgan fingerprint density at radius 1 is 0.778 bits per heavy atom. The fourth-order valence-corrected chi connectivity index (χ4v) is 17.8. The molecule has 8 heteroatoms. The zero-order valence-corrected chi connectivity index (χ0v) is 22.2. The van der Waals surface area contributed by atoms with Crippen LogP contribution in [0.4, 0.5) is 0 Å². The van der Waals surface area contributed by atoms with Crippen molar-refractivity contribution in [3.63, 3.8) is 0 Å². The van der Waals surface area contributed by atoms with Crippen LogP contribution in [0.2, 0.25) is 51.4 Å². The first kappa shape index (κ1) is 27.5. The van der Waals surface area contributed by atoms with Crippen molar-refractivity contribution in [2.24, 2.45) is 5.41 Å². The van der Waals surface area contributed by atoms with Crippen molar-refractivity contribution in [3.05, 3.63) is 0 Å². The lowest BCUT2D eigenvalue weighted by atomic mass is 9.88. The molecule has 0 saturated carbocycles. The van der Waals surface area contributed by atoms with Crippen LogP contribution >= 0.6 is 0 Å². The smallest absolute Gasteiger partial charge is 0.311 e. The highest BCUT2D eigenvalue weighted by molar-refractivity contribution is 6.87. The molecule has 0 aliphatic carbocycles. The van der Waals surface area contributed by atoms with Gasteiger partial charge in [0.25, 0.3) is 0 Å². The molecule has 0 aliphatic heterocycles. The molecule has 0 amide bonds. The minimum Gasteiger partial charge on any atom is -0.437 e. The lowest BCUT2D eigenvalue weighted by Gasteiger charge is -2.40. The first-order valence-corrected chi connectivity index (χ1v) is 19.6. The lowest BCUT2D eigenvalue weighted by molar-refractivity contribution is -0.0301. The van der Waals surface area contributed by atoms with Gasteiger partial charge in [0.1, 0.15) is 0 Å². The van der Waals surface area contributed by atoms with Gasteiger partial charge in [0.2, 0.25) is 0 Å². The third-order valence-electron chi connectivity index (χ3n) is 4.86. The van der Waals surface area contributed by atoms with E-state index >= 15 is 0 Å². The fourth-order valence-electron chi connectivity index (χ4n) is 3.43. The van der Waals surface area contributed by atoms with Gasteiger partial charge in [-0.3, -0.25) is 0 Å². The van der Waals surface area contributed by atoms with Crippen LogP contribution < -0.4 is 0 Å². The van der Waals surface area contributed by atoms with Gasteiger partial charge < -0.3 is 23.2 Å². The summed E-state index contributed by atoms with van der Waals surface area (Å²) in [6.45, 7) is 18.6. The summed E-state index contributed by atoms with van der Waals surface area (Å²) in [6, 6.07) is 2.05. The van der Waals surface area contributed by atoms with Gasteiger partial charge in [-0.15, -0.1) is 0 Å². The van der Waals surface area contributed by atoms with E-state index in [1.54, 1.807) is 0 Å². The predicted octanol–water partition coefficient (Wildman–Crippen LogP) is 4.72. The largest absolute Gasteiger partial charge is 0.437 e. The average molecular weight is 439 g/mol. The van der Waals surface area contributed by atoms with E-state index in [-0.39, 0.29) is 13.2 Å². The second-order valence-corrected chi connectivity index (χ2v) is 22.1. The quantitative estimate of drug-likeness (QED) is 0.269. The van der Waals surface area contributed by atoms with E-state index in [0.717, 1.165) is 12.5 Å². The molecule has 0 bridgehead atoms. The van der Waals surface area contributed by atoms with Crippen LogP contribution in [-0.2, 0) is 13.0 Å². The fraction of sp³-hybridized carbons (Fsp3) is 1.00. The highest BCUT2D eigenvalue weighted by Gasteiger charge is 2.41. The molecule has 0 rings (SSSR count). The molecule has 0 aromatic rings. The van der Waals surface area contributed by atoms with E-state index < -0.39 is 30.6 Å². The van der Waals surface area contributed by atoms with Crippen molar-refractivity contribution in [1.82, 2.24) is 0 Å². The Hall–Kier alpha value is 0.451. The molecule has 0 radical (unpaired) electrons. The van der Waals surface area contributed by atoms with Crippen LogP contribution in [0.15, 0.2) is 0 Å². The van der Waals surface area contributed by atoms with Gasteiger partial charge in [-0.25, -0.2) is 0 Å². The number of hydrogen-bond acceptors (Lipinski definition) is 5. The summed E-state index contributed by atoms with van der Waals surface area (Å²) < 4.78 is 18.9. The van der Waals surface area contributed by atoms with Gasteiger partial charge in [0.05, 0.1) is 19.8 Å². The average Bonchev–Trinajstić information content (AvgIpc) is 2.54. The molecule has 27 heavy (non-hydrogen) atoms. The SMILES string of the molecule is CCCC[Si](C)(C)O[Si](C)(C)O[Si](C)(C)CCC(CO)(CO)COCCC. The van der Waals surface area contributed by atoms with Crippen molar-refractivity contribution >= 4 is 25.2 Å².